The molecule has 4 fully saturated rings. The average molecular weight is 596 g/mol. The summed E-state index contributed by atoms with van der Waals surface area (Å²) in [5.41, 5.74) is 0. The molecule has 15 heteroatoms. The number of hydrogen-bond donors (Lipinski definition) is 1. The van der Waals surface area contributed by atoms with Crippen LogP contribution in [0.1, 0.15) is 34.1 Å². The molecule has 0 saturated carbocycles. The first-order valence-electron chi connectivity index (χ1n) is 12.5. The molecule has 5 rings (SSSR count). The van der Waals surface area contributed by atoms with Crippen LogP contribution in [0.4, 0.5) is 0 Å². The SMILES string of the molecule is CC1(C)S[C@@H]2[C@H](NC(=O)COc3ccccc3)C(=O)N2[C@H]1C(=O)OCOC(=O)[C@@H]1N2C(=O)C[C@H]2S(=O)(=O)C1(C)C. The molecule has 0 aliphatic carbocycles. The molecule has 5 atom stereocenters. The number of para-hydroxylation sites is 1. The predicted octanol–water partition coefficient (Wildman–Crippen LogP) is -0.210. The molecule has 40 heavy (non-hydrogen) atoms. The number of thioether (sulfide) groups is 1. The third-order valence-corrected chi connectivity index (χ3v) is 12.1. The summed E-state index contributed by atoms with van der Waals surface area (Å²) in [7, 11) is -3.79. The lowest BCUT2D eigenvalue weighted by Gasteiger charge is -2.43. The number of nitrogens with zero attached hydrogens (tertiary/aromatic N) is 2. The third kappa shape index (κ3) is 4.29. The van der Waals surface area contributed by atoms with Gasteiger partial charge < -0.3 is 29.3 Å². The lowest BCUT2D eigenvalue weighted by Crippen LogP contribution is -2.71. The molecule has 0 aromatic heterocycles. The van der Waals surface area contributed by atoms with Gasteiger partial charge in [0.1, 0.15) is 34.6 Å². The van der Waals surface area contributed by atoms with E-state index in [0.29, 0.717) is 5.75 Å². The molecule has 1 aromatic carbocycles. The van der Waals surface area contributed by atoms with E-state index in [-0.39, 0.29) is 13.0 Å². The molecule has 0 spiro atoms. The van der Waals surface area contributed by atoms with E-state index in [4.69, 9.17) is 14.2 Å². The first-order chi connectivity index (χ1) is 18.7. The summed E-state index contributed by atoms with van der Waals surface area (Å²) in [6, 6.07) is 5.51. The second-order valence-electron chi connectivity index (χ2n) is 11.0. The first-order valence-corrected chi connectivity index (χ1v) is 15.0. The Morgan fingerprint density at radius 3 is 2.25 bits per heavy atom. The zero-order valence-electron chi connectivity index (χ0n) is 22.2. The molecule has 4 aliphatic heterocycles. The van der Waals surface area contributed by atoms with Crippen LogP contribution in [-0.2, 0) is 43.3 Å². The van der Waals surface area contributed by atoms with Gasteiger partial charge in [0.15, 0.2) is 16.4 Å². The molecule has 4 saturated heterocycles. The Morgan fingerprint density at radius 1 is 1.00 bits per heavy atom. The van der Waals surface area contributed by atoms with Gasteiger partial charge in [-0.1, -0.05) is 18.2 Å². The van der Waals surface area contributed by atoms with Crippen LogP contribution in [0.15, 0.2) is 30.3 Å². The number of amides is 3. The summed E-state index contributed by atoms with van der Waals surface area (Å²) in [5.74, 6) is -2.75. The second kappa shape index (κ2) is 9.65. The summed E-state index contributed by atoms with van der Waals surface area (Å²) >= 11 is 1.32. The van der Waals surface area contributed by atoms with Gasteiger partial charge in [0.2, 0.25) is 18.6 Å². The van der Waals surface area contributed by atoms with E-state index in [1.54, 1.807) is 38.1 Å². The molecule has 13 nitrogen and oxygen atoms in total. The van der Waals surface area contributed by atoms with Crippen molar-refractivity contribution < 1.29 is 46.6 Å². The molecule has 216 valence electrons. The molecule has 0 bridgehead atoms. The highest BCUT2D eigenvalue weighted by Gasteiger charge is 2.68. The standard InChI is InChI=1S/C25H29N3O10S2/c1-24(2)18(28-20(31)17(21(28)39-24)26-14(29)11-36-13-8-6-5-7-9-13)22(32)37-12-38-23(33)19-25(3,4)40(34,35)16-10-15(30)27(16)19/h5-9,16-19,21H,10-12H2,1-4H3,(H,26,29)/t16-,17-,18+,19+,21-/m1/s1. The Labute approximate surface area is 234 Å². The average Bonchev–Trinajstić information content (AvgIpc) is 3.21. The quantitative estimate of drug-likeness (QED) is 0.240. The largest absolute Gasteiger partial charge is 0.484 e. The van der Waals surface area contributed by atoms with Crippen molar-refractivity contribution in [3.63, 3.8) is 0 Å². The maximum atomic E-state index is 13.0. The van der Waals surface area contributed by atoms with Gasteiger partial charge in [-0.3, -0.25) is 14.4 Å². The minimum atomic E-state index is -3.79. The Hall–Kier alpha value is -3.33. The van der Waals surface area contributed by atoms with Crippen LogP contribution in [-0.4, -0.2) is 99.6 Å². The van der Waals surface area contributed by atoms with Crippen molar-refractivity contribution in [1.29, 1.82) is 0 Å². The minimum absolute atomic E-state index is 0.189. The van der Waals surface area contributed by atoms with Crippen LogP contribution in [0.2, 0.25) is 0 Å². The molecule has 4 aliphatic rings. The molecular weight excluding hydrogens is 566 g/mol. The normalized spacial score (nSPS) is 30.4. The van der Waals surface area contributed by atoms with Crippen LogP contribution in [0.3, 0.4) is 0 Å². The summed E-state index contributed by atoms with van der Waals surface area (Å²) in [5, 5.41) is 1.06. The van der Waals surface area contributed by atoms with Crippen LogP contribution in [0.5, 0.6) is 5.75 Å². The monoisotopic (exact) mass is 595 g/mol. The Bertz CT molecular complexity index is 1380. The van der Waals surface area contributed by atoms with E-state index in [1.165, 1.54) is 30.5 Å². The fourth-order valence-corrected chi connectivity index (χ4v) is 9.26. The van der Waals surface area contributed by atoms with Crippen LogP contribution in [0.25, 0.3) is 0 Å². The van der Waals surface area contributed by atoms with E-state index in [2.05, 4.69) is 5.32 Å². The minimum Gasteiger partial charge on any atom is -0.484 e. The third-order valence-electron chi connectivity index (χ3n) is 7.70. The van der Waals surface area contributed by atoms with Gasteiger partial charge in [-0.05, 0) is 39.8 Å². The van der Waals surface area contributed by atoms with E-state index in [0.717, 1.165) is 4.90 Å². The van der Waals surface area contributed by atoms with Crippen molar-refractivity contribution in [1.82, 2.24) is 15.1 Å². The fraction of sp³-hybridized carbons (Fsp3) is 0.560. The zero-order valence-corrected chi connectivity index (χ0v) is 23.8. The number of ether oxygens (including phenoxy) is 3. The smallest absolute Gasteiger partial charge is 0.333 e. The maximum Gasteiger partial charge on any atom is 0.333 e. The number of esters is 2. The number of nitrogens with one attached hydrogen (secondary N) is 1. The van der Waals surface area contributed by atoms with Crippen molar-refractivity contribution in [3.05, 3.63) is 30.3 Å². The van der Waals surface area contributed by atoms with E-state index in [9.17, 15) is 32.4 Å². The van der Waals surface area contributed by atoms with E-state index in [1.807, 2.05) is 6.07 Å². The van der Waals surface area contributed by atoms with Gasteiger partial charge in [0.25, 0.3) is 5.91 Å². The molecule has 1 N–H and O–H groups in total. The fourth-order valence-electron chi connectivity index (χ4n) is 5.52. The summed E-state index contributed by atoms with van der Waals surface area (Å²) in [4.78, 5) is 65.4. The number of hydrogen-bond acceptors (Lipinski definition) is 11. The van der Waals surface area contributed by atoms with Crippen LogP contribution >= 0.6 is 11.8 Å². The zero-order chi connectivity index (χ0) is 29.2. The molecular formula is C25H29N3O10S2. The van der Waals surface area contributed by atoms with Gasteiger partial charge in [-0.15, -0.1) is 11.8 Å². The molecule has 1 aromatic rings. The molecule has 3 amide bonds. The van der Waals surface area contributed by atoms with E-state index >= 15 is 0 Å². The van der Waals surface area contributed by atoms with Gasteiger partial charge in [-0.2, -0.15) is 0 Å². The molecule has 0 radical (unpaired) electrons. The van der Waals surface area contributed by atoms with Crippen LogP contribution < -0.4 is 10.1 Å². The summed E-state index contributed by atoms with van der Waals surface area (Å²) in [6.07, 6.45) is -0.189. The Kier molecular flexibility index (Phi) is 6.80. The number of carbonyl (C=O) groups excluding carboxylic acids is 5. The van der Waals surface area contributed by atoms with Crippen molar-refractivity contribution in [2.75, 3.05) is 13.4 Å². The van der Waals surface area contributed by atoms with Crippen molar-refractivity contribution in [2.45, 2.75) is 72.5 Å². The van der Waals surface area contributed by atoms with Gasteiger partial charge >= 0.3 is 11.9 Å². The molecule has 0 unspecified atom stereocenters. The maximum absolute atomic E-state index is 13.0. The predicted molar refractivity (Wildman–Crippen MR) is 139 cm³/mol. The number of carbonyl (C=O) groups is 5. The second-order valence-corrected chi connectivity index (χ2v) is 15.4. The lowest BCUT2D eigenvalue weighted by molar-refractivity contribution is -0.181. The highest BCUT2D eigenvalue weighted by atomic mass is 32.2. The Morgan fingerprint density at radius 2 is 1.62 bits per heavy atom. The first kappa shape index (κ1) is 28.2. The van der Waals surface area contributed by atoms with Crippen molar-refractivity contribution in [3.8, 4) is 5.75 Å². The van der Waals surface area contributed by atoms with Gasteiger partial charge in [0.05, 0.1) is 11.2 Å². The highest BCUT2D eigenvalue weighted by molar-refractivity contribution is 8.01. The van der Waals surface area contributed by atoms with Gasteiger partial charge in [-0.25, -0.2) is 18.0 Å². The number of β-lactam (4-membered cyclic amide) rings is 2. The highest BCUT2D eigenvalue weighted by Crippen LogP contribution is 2.51. The van der Waals surface area contributed by atoms with Crippen LogP contribution in [0, 0.1) is 0 Å². The Balaban J connectivity index is 1.15. The summed E-state index contributed by atoms with van der Waals surface area (Å²) < 4.78 is 38.7. The lowest BCUT2D eigenvalue weighted by atomic mass is 9.96. The van der Waals surface area contributed by atoms with Crippen molar-refractivity contribution in [2.24, 2.45) is 0 Å². The van der Waals surface area contributed by atoms with Gasteiger partial charge in [0, 0.05) is 4.75 Å². The summed E-state index contributed by atoms with van der Waals surface area (Å²) in [6.45, 7) is 5.10. The number of sulfone groups is 1. The topological polar surface area (TPSA) is 166 Å². The number of fused-ring (bicyclic) bond motifs is 2. The van der Waals surface area contributed by atoms with E-state index < -0.39 is 84.7 Å². The molecule has 4 heterocycles. The number of rotatable bonds is 8. The number of benzene rings is 1. The van der Waals surface area contributed by atoms with Crippen molar-refractivity contribution >= 4 is 51.3 Å².